The first-order valence-corrected chi connectivity index (χ1v) is 15.8. The first-order valence-electron chi connectivity index (χ1n) is 13.7. The van der Waals surface area contributed by atoms with E-state index in [0.717, 1.165) is 10.5 Å². The molecule has 3 aliphatic heterocycles. The van der Waals surface area contributed by atoms with Crippen molar-refractivity contribution in [2.45, 2.75) is 55.1 Å². The molecule has 4 N–H and O–H groups in total. The summed E-state index contributed by atoms with van der Waals surface area (Å²) >= 11 is 3.02. The van der Waals surface area contributed by atoms with Gasteiger partial charge in [-0.1, -0.05) is 25.1 Å². The Bertz CT molecular complexity index is 1460. The van der Waals surface area contributed by atoms with Crippen LogP contribution in [0.2, 0.25) is 0 Å². The summed E-state index contributed by atoms with van der Waals surface area (Å²) < 4.78 is 0. The fourth-order valence-electron chi connectivity index (χ4n) is 6.21. The van der Waals surface area contributed by atoms with E-state index in [4.69, 9.17) is 0 Å². The zero-order valence-corrected chi connectivity index (χ0v) is 25.0. The molecule has 2 fully saturated rings. The van der Waals surface area contributed by atoms with E-state index in [2.05, 4.69) is 16.3 Å². The second-order valence-corrected chi connectivity index (χ2v) is 13.1. The minimum absolute atomic E-state index is 0.0305. The first-order chi connectivity index (χ1) is 20.0. The molecule has 2 aromatic carbocycles. The van der Waals surface area contributed by atoms with Crippen molar-refractivity contribution in [1.82, 2.24) is 9.80 Å². The van der Waals surface area contributed by atoms with Crippen molar-refractivity contribution in [2.24, 2.45) is 11.8 Å². The summed E-state index contributed by atoms with van der Waals surface area (Å²) in [5.74, 6) is -3.83. The van der Waals surface area contributed by atoms with Gasteiger partial charge in [0.1, 0.15) is 5.70 Å². The number of carboxylic acids is 2. The number of aromatic carboxylic acids is 1. The molecule has 0 bridgehead atoms. The third-order valence-electron chi connectivity index (χ3n) is 8.17. The Balaban J connectivity index is 1.40. The Morgan fingerprint density at radius 2 is 1.83 bits per heavy atom. The molecule has 0 radical (unpaired) electrons. The van der Waals surface area contributed by atoms with E-state index < -0.39 is 36.0 Å². The highest BCUT2D eigenvalue weighted by atomic mass is 32.2. The number of hydrogen-bond donors (Lipinski definition) is 4. The largest absolute Gasteiger partial charge is 0.478 e. The number of fused-ring (bicyclic) bond motifs is 1. The van der Waals surface area contributed by atoms with Gasteiger partial charge in [0.05, 0.1) is 29.7 Å². The molecule has 3 aliphatic rings. The maximum absolute atomic E-state index is 13.6. The number of amides is 2. The van der Waals surface area contributed by atoms with Crippen LogP contribution in [0.1, 0.15) is 36.2 Å². The van der Waals surface area contributed by atoms with Gasteiger partial charge in [-0.3, -0.25) is 14.5 Å². The van der Waals surface area contributed by atoms with Gasteiger partial charge in [0.15, 0.2) is 0 Å². The van der Waals surface area contributed by atoms with E-state index >= 15 is 0 Å². The minimum atomic E-state index is -1.18. The molecule has 0 aromatic heterocycles. The Hall–Kier alpha value is -3.32. The second kappa shape index (κ2) is 12.1. The number of β-lactam (4-membered cyclic amide) rings is 1. The maximum atomic E-state index is 13.6. The monoisotopic (exact) mass is 611 g/mol. The summed E-state index contributed by atoms with van der Waals surface area (Å²) in [6, 6.07) is 13.2. The number of carbonyl (C=O) groups excluding carboxylic acids is 2. The van der Waals surface area contributed by atoms with Crippen LogP contribution in [-0.4, -0.2) is 85.1 Å². The summed E-state index contributed by atoms with van der Waals surface area (Å²) in [5.41, 5.74) is 1.45. The van der Waals surface area contributed by atoms with E-state index in [9.17, 15) is 34.5 Å². The Labute approximate surface area is 252 Å². The van der Waals surface area contributed by atoms with Crippen LogP contribution < -0.4 is 5.32 Å². The molecule has 3 heterocycles. The number of aliphatic carboxylic acids is 1. The van der Waals surface area contributed by atoms with Crippen LogP contribution in [0.4, 0.5) is 5.69 Å². The fourth-order valence-corrected chi connectivity index (χ4v) is 8.25. The Morgan fingerprint density at radius 1 is 1.10 bits per heavy atom. The summed E-state index contributed by atoms with van der Waals surface area (Å²) in [6.07, 6.45) is 1.54. The number of hydrogen-bond acceptors (Lipinski definition) is 8. The molecule has 2 amide bonds. The number of anilines is 1. The number of thioether (sulfide) groups is 2. The van der Waals surface area contributed by atoms with Crippen LogP contribution in [0.5, 0.6) is 0 Å². The molecule has 0 saturated carbocycles. The van der Waals surface area contributed by atoms with Gasteiger partial charge in [0.2, 0.25) is 11.8 Å². The van der Waals surface area contributed by atoms with Gasteiger partial charge in [0, 0.05) is 39.7 Å². The van der Waals surface area contributed by atoms with Gasteiger partial charge in [0.25, 0.3) is 0 Å². The van der Waals surface area contributed by atoms with Crippen LogP contribution in [-0.2, 0) is 20.9 Å². The summed E-state index contributed by atoms with van der Waals surface area (Å²) in [7, 11) is 0. The minimum Gasteiger partial charge on any atom is -0.478 e. The molecule has 0 spiro atoms. The third kappa shape index (κ3) is 5.68. The van der Waals surface area contributed by atoms with Crippen molar-refractivity contribution in [2.75, 3.05) is 18.1 Å². The number of aliphatic hydroxyl groups excluding tert-OH is 1. The molecule has 6 atom stereocenters. The van der Waals surface area contributed by atoms with Crippen LogP contribution in [0.3, 0.4) is 0 Å². The van der Waals surface area contributed by atoms with Crippen molar-refractivity contribution in [3.8, 4) is 0 Å². The highest BCUT2D eigenvalue weighted by Gasteiger charge is 2.60. The van der Waals surface area contributed by atoms with Crippen LogP contribution >= 0.6 is 23.5 Å². The lowest BCUT2D eigenvalue weighted by atomic mass is 9.79. The average Bonchev–Trinajstić information content (AvgIpc) is 3.45. The second-order valence-electron chi connectivity index (χ2n) is 10.9. The standard InChI is InChI=1S/C30H33N3O7S2/c1-15-24-23(16(2)34)28(36)33(24)25(30(39)40)26(15)42-21-12-22(27(35)31-19-8-5-7-18(11-19)29(37)38)32(14-21)13-17-6-4-9-20(10-17)41-3/h4-11,15-16,21-24,34H,12-14H2,1-3H3,(H,31,35)(H,37,38)(H,39,40)/t15-,16-,21+,22+,23-,24-/m1/s1. The van der Waals surface area contributed by atoms with Crippen LogP contribution in [0.15, 0.2) is 64.0 Å². The molecule has 2 aromatic rings. The quantitative estimate of drug-likeness (QED) is 0.232. The first kappa shape index (κ1) is 30.1. The van der Waals surface area contributed by atoms with E-state index in [1.54, 1.807) is 30.8 Å². The predicted octanol–water partition coefficient (Wildman–Crippen LogP) is 3.58. The van der Waals surface area contributed by atoms with Gasteiger partial charge >= 0.3 is 11.9 Å². The van der Waals surface area contributed by atoms with Crippen molar-refractivity contribution >= 4 is 53.0 Å². The van der Waals surface area contributed by atoms with Crippen molar-refractivity contribution in [3.63, 3.8) is 0 Å². The van der Waals surface area contributed by atoms with Gasteiger partial charge in [-0.15, -0.1) is 23.5 Å². The molecular formula is C30H33N3O7S2. The van der Waals surface area contributed by atoms with E-state index in [0.29, 0.717) is 30.1 Å². The predicted molar refractivity (Wildman–Crippen MR) is 160 cm³/mol. The van der Waals surface area contributed by atoms with Crippen molar-refractivity contribution < 1.29 is 34.5 Å². The number of carbonyl (C=O) groups is 4. The summed E-state index contributed by atoms with van der Waals surface area (Å²) in [4.78, 5) is 55.2. The number of nitrogens with one attached hydrogen (secondary N) is 1. The molecule has 222 valence electrons. The van der Waals surface area contributed by atoms with Crippen molar-refractivity contribution in [3.05, 3.63) is 70.3 Å². The van der Waals surface area contributed by atoms with E-state index in [1.165, 1.54) is 28.8 Å². The topological polar surface area (TPSA) is 147 Å². The Kier molecular flexibility index (Phi) is 8.70. The van der Waals surface area contributed by atoms with Gasteiger partial charge in [-0.25, -0.2) is 9.59 Å². The van der Waals surface area contributed by atoms with Gasteiger partial charge in [-0.05, 0) is 55.5 Å². The van der Waals surface area contributed by atoms with Gasteiger partial charge in [-0.2, -0.15) is 0 Å². The average molecular weight is 612 g/mol. The molecule has 5 rings (SSSR count). The third-order valence-corrected chi connectivity index (χ3v) is 10.4. The molecule has 0 unspecified atom stereocenters. The summed E-state index contributed by atoms with van der Waals surface area (Å²) in [6.45, 7) is 4.44. The number of aliphatic hydroxyl groups is 1. The van der Waals surface area contributed by atoms with Gasteiger partial charge < -0.3 is 25.5 Å². The van der Waals surface area contributed by atoms with Crippen LogP contribution in [0.25, 0.3) is 0 Å². The number of nitrogens with zero attached hydrogens (tertiary/aromatic N) is 2. The van der Waals surface area contributed by atoms with E-state index in [1.807, 2.05) is 31.4 Å². The van der Waals surface area contributed by atoms with Crippen LogP contribution in [0, 0.1) is 11.8 Å². The Morgan fingerprint density at radius 3 is 2.50 bits per heavy atom. The normalized spacial score (nSPS) is 26.1. The molecule has 2 saturated heterocycles. The summed E-state index contributed by atoms with van der Waals surface area (Å²) in [5, 5.41) is 32.3. The lowest BCUT2D eigenvalue weighted by Gasteiger charge is -2.46. The molecule has 10 nitrogen and oxygen atoms in total. The number of benzene rings is 2. The number of carboxylic acid groups (broad SMARTS) is 2. The highest BCUT2D eigenvalue weighted by Crippen LogP contribution is 2.52. The zero-order chi connectivity index (χ0) is 30.3. The SMILES string of the molecule is CSc1cccc(CN2C[C@@H](SC3=C(C(=O)O)N4C(=O)[C@H]([C@@H](C)O)[C@H]4[C@H]3C)C[C@H]2C(=O)Nc2cccc(C(=O)O)c2)c1. The van der Waals surface area contributed by atoms with Crippen molar-refractivity contribution in [1.29, 1.82) is 0 Å². The molecular weight excluding hydrogens is 578 g/mol. The molecule has 0 aliphatic carbocycles. The lowest BCUT2D eigenvalue weighted by Crippen LogP contribution is -2.63. The smallest absolute Gasteiger partial charge is 0.353 e. The molecule has 12 heteroatoms. The maximum Gasteiger partial charge on any atom is 0.353 e. The fraction of sp³-hybridized carbons (Fsp3) is 0.400. The lowest BCUT2D eigenvalue weighted by molar-refractivity contribution is -0.163. The highest BCUT2D eigenvalue weighted by molar-refractivity contribution is 8.03. The molecule has 42 heavy (non-hydrogen) atoms. The van der Waals surface area contributed by atoms with E-state index in [-0.39, 0.29) is 34.2 Å². The number of likely N-dealkylation sites (tertiary alicyclic amines) is 1. The number of rotatable bonds is 10. The zero-order valence-electron chi connectivity index (χ0n) is 23.4.